The first-order valence-electron chi connectivity index (χ1n) is 8.05. The number of nitrogens with zero attached hydrogens (tertiary/aromatic N) is 4. The summed E-state index contributed by atoms with van der Waals surface area (Å²) < 4.78 is 8.32. The molecule has 0 radical (unpaired) electrons. The molecule has 0 saturated heterocycles. The Morgan fingerprint density at radius 2 is 1.69 bits per heavy atom. The van der Waals surface area contributed by atoms with Crippen molar-refractivity contribution < 1.29 is 4.74 Å². The molecule has 0 fully saturated rings. The van der Waals surface area contributed by atoms with Crippen molar-refractivity contribution in [2.24, 2.45) is 4.99 Å². The van der Waals surface area contributed by atoms with Gasteiger partial charge in [0, 0.05) is 9.13 Å². The Hall–Kier alpha value is -2.74. The molecule has 0 unspecified atom stereocenters. The van der Waals surface area contributed by atoms with Crippen LogP contribution in [0.25, 0.3) is 11.0 Å². The number of ether oxygens (including phenoxy) is 1. The number of aromatic nitrogens is 3. The second-order valence-corrected chi connectivity index (χ2v) is 6.74. The number of para-hydroxylation sites is 3. The zero-order valence-electron chi connectivity index (χ0n) is 14.0. The molecule has 0 amide bonds. The lowest BCUT2D eigenvalue weighted by molar-refractivity contribution is 0.416. The van der Waals surface area contributed by atoms with Gasteiger partial charge in [0.05, 0.1) is 12.6 Å². The third-order valence-corrected chi connectivity index (χ3v) is 4.92. The Kier molecular flexibility index (Phi) is 4.66. The average molecular weight is 454 g/mol. The molecule has 128 valence electrons. The van der Waals surface area contributed by atoms with Crippen molar-refractivity contribution in [2.75, 3.05) is 7.11 Å². The van der Waals surface area contributed by atoms with Crippen molar-refractivity contribution in [1.29, 1.82) is 0 Å². The zero-order chi connectivity index (χ0) is 17.9. The summed E-state index contributed by atoms with van der Waals surface area (Å²) in [5, 5.41) is 8.63. The number of fused-ring (bicyclic) bond motifs is 1. The quantitative estimate of drug-likeness (QED) is 0.257. The largest absolute Gasteiger partial charge is 0.494 e. The van der Waals surface area contributed by atoms with Crippen LogP contribution < -0.4 is 4.74 Å². The van der Waals surface area contributed by atoms with E-state index in [0.717, 1.165) is 25.9 Å². The van der Waals surface area contributed by atoms with Gasteiger partial charge in [-0.1, -0.05) is 47.7 Å². The van der Waals surface area contributed by atoms with Crippen LogP contribution in [-0.2, 0) is 0 Å². The molecule has 0 spiro atoms. The molecule has 3 aromatic carbocycles. The fourth-order valence-corrected chi connectivity index (χ4v) is 3.35. The Morgan fingerprint density at radius 1 is 0.962 bits per heavy atom. The molecule has 0 N–H and O–H groups in total. The Bertz CT molecular complexity index is 1100. The van der Waals surface area contributed by atoms with Crippen LogP contribution >= 0.6 is 22.6 Å². The van der Waals surface area contributed by atoms with Gasteiger partial charge in [0.25, 0.3) is 0 Å². The van der Waals surface area contributed by atoms with Crippen molar-refractivity contribution in [2.45, 2.75) is 0 Å². The van der Waals surface area contributed by atoms with E-state index in [1.165, 1.54) is 0 Å². The van der Waals surface area contributed by atoms with E-state index in [9.17, 15) is 0 Å². The molecule has 0 aliphatic rings. The summed E-state index contributed by atoms with van der Waals surface area (Å²) >= 11 is 2.31. The highest BCUT2D eigenvalue weighted by molar-refractivity contribution is 14.1. The van der Waals surface area contributed by atoms with Crippen LogP contribution in [0.1, 0.15) is 5.56 Å². The molecule has 0 saturated carbocycles. The second-order valence-electron chi connectivity index (χ2n) is 5.58. The minimum absolute atomic E-state index is 0.702. The van der Waals surface area contributed by atoms with Crippen molar-refractivity contribution in [3.63, 3.8) is 0 Å². The van der Waals surface area contributed by atoms with Crippen molar-refractivity contribution in [3.8, 4) is 5.75 Å². The Balaban J connectivity index is 1.99. The summed E-state index contributed by atoms with van der Waals surface area (Å²) in [6.45, 7) is 0. The predicted octanol–water partition coefficient (Wildman–Crippen LogP) is 4.67. The second kappa shape index (κ2) is 7.25. The molecule has 26 heavy (non-hydrogen) atoms. The van der Waals surface area contributed by atoms with Gasteiger partial charge in [-0.3, -0.25) is 0 Å². The summed E-state index contributed by atoms with van der Waals surface area (Å²) in [7, 11) is 1.64. The van der Waals surface area contributed by atoms with Crippen molar-refractivity contribution in [1.82, 2.24) is 15.0 Å². The van der Waals surface area contributed by atoms with E-state index in [4.69, 9.17) is 9.73 Å². The van der Waals surface area contributed by atoms with E-state index in [2.05, 4.69) is 32.9 Å². The lowest BCUT2D eigenvalue weighted by Gasteiger charge is -2.11. The fraction of sp³-hybridized carbons (Fsp3) is 0.0500. The standard InChI is InChI=1S/C20H15IN4O/c1-26-19-13-7-5-11-17(19)22-20(14-8-2-3-9-15(14)21)25-18-12-6-4-10-16(18)23-24-25/h2-13H,1H3/b22-20+. The molecule has 0 aliphatic carbocycles. The normalized spacial score (nSPS) is 11.7. The fourth-order valence-electron chi connectivity index (χ4n) is 2.73. The van der Waals surface area contributed by atoms with Gasteiger partial charge < -0.3 is 4.74 Å². The van der Waals surface area contributed by atoms with Crippen LogP contribution in [0, 0.1) is 3.57 Å². The maximum atomic E-state index is 5.46. The smallest absolute Gasteiger partial charge is 0.164 e. The number of benzene rings is 3. The average Bonchev–Trinajstić information content (AvgIpc) is 3.11. The Labute approximate surface area is 164 Å². The van der Waals surface area contributed by atoms with Crippen LogP contribution in [0.5, 0.6) is 5.75 Å². The summed E-state index contributed by atoms with van der Waals surface area (Å²) in [5.41, 5.74) is 3.45. The van der Waals surface area contributed by atoms with Gasteiger partial charge >= 0.3 is 0 Å². The summed E-state index contributed by atoms with van der Waals surface area (Å²) in [5.74, 6) is 1.41. The van der Waals surface area contributed by atoms with Gasteiger partial charge in [-0.2, -0.15) is 4.68 Å². The molecule has 0 bridgehead atoms. The molecule has 5 nitrogen and oxygen atoms in total. The first-order valence-corrected chi connectivity index (χ1v) is 9.13. The number of rotatable bonds is 3. The van der Waals surface area contributed by atoms with E-state index in [1.54, 1.807) is 11.8 Å². The molecule has 4 rings (SSSR count). The third-order valence-electron chi connectivity index (χ3n) is 3.98. The van der Waals surface area contributed by atoms with Crippen LogP contribution in [0.4, 0.5) is 5.69 Å². The highest BCUT2D eigenvalue weighted by Gasteiger charge is 2.16. The maximum absolute atomic E-state index is 5.46. The number of methoxy groups -OCH3 is 1. The van der Waals surface area contributed by atoms with Gasteiger partial charge in [-0.25, -0.2) is 4.99 Å². The molecule has 1 aromatic heterocycles. The number of hydrogen-bond donors (Lipinski definition) is 0. The van der Waals surface area contributed by atoms with Gasteiger partial charge in [0.2, 0.25) is 0 Å². The first-order chi connectivity index (χ1) is 12.8. The molecule has 1 heterocycles. The van der Waals surface area contributed by atoms with E-state index < -0.39 is 0 Å². The topological polar surface area (TPSA) is 52.3 Å². The molecular weight excluding hydrogens is 439 g/mol. The SMILES string of the molecule is COc1ccccc1/N=C(\c1ccccc1I)n1nnc2ccccc21. The Morgan fingerprint density at radius 3 is 2.54 bits per heavy atom. The summed E-state index contributed by atoms with van der Waals surface area (Å²) in [6, 6.07) is 23.6. The van der Waals surface area contributed by atoms with Crippen molar-refractivity contribution in [3.05, 3.63) is 81.9 Å². The number of hydrogen-bond acceptors (Lipinski definition) is 4. The molecule has 0 atom stereocenters. The van der Waals surface area contributed by atoms with Gasteiger partial charge in [-0.05, 0) is 52.9 Å². The lowest BCUT2D eigenvalue weighted by atomic mass is 10.2. The van der Waals surface area contributed by atoms with E-state index in [1.807, 2.05) is 72.8 Å². The third kappa shape index (κ3) is 3.08. The van der Waals surface area contributed by atoms with Gasteiger partial charge in [0.15, 0.2) is 5.84 Å². The summed E-state index contributed by atoms with van der Waals surface area (Å²) in [6.07, 6.45) is 0. The van der Waals surface area contributed by atoms with Crippen molar-refractivity contribution >= 4 is 45.1 Å². The van der Waals surface area contributed by atoms with E-state index in [0.29, 0.717) is 11.6 Å². The van der Waals surface area contributed by atoms with E-state index >= 15 is 0 Å². The van der Waals surface area contributed by atoms with Gasteiger partial charge in [-0.15, -0.1) is 5.10 Å². The molecule has 4 aromatic rings. The lowest BCUT2D eigenvalue weighted by Crippen LogP contribution is -2.16. The summed E-state index contributed by atoms with van der Waals surface area (Å²) in [4.78, 5) is 4.90. The molecular formula is C20H15IN4O. The van der Waals surface area contributed by atoms with E-state index in [-0.39, 0.29) is 0 Å². The predicted molar refractivity (Wildman–Crippen MR) is 111 cm³/mol. The first kappa shape index (κ1) is 16.7. The zero-order valence-corrected chi connectivity index (χ0v) is 16.2. The van der Waals surface area contributed by atoms with Crippen LogP contribution in [0.2, 0.25) is 0 Å². The number of aliphatic imine (C=N–C) groups is 1. The minimum Gasteiger partial charge on any atom is -0.494 e. The highest BCUT2D eigenvalue weighted by Crippen LogP contribution is 2.28. The highest BCUT2D eigenvalue weighted by atomic mass is 127. The van der Waals surface area contributed by atoms with Crippen LogP contribution in [-0.4, -0.2) is 27.9 Å². The molecule has 6 heteroatoms. The maximum Gasteiger partial charge on any atom is 0.164 e. The monoisotopic (exact) mass is 454 g/mol. The van der Waals surface area contributed by atoms with Crippen LogP contribution in [0.15, 0.2) is 77.8 Å². The number of halogens is 1. The van der Waals surface area contributed by atoms with Crippen LogP contribution in [0.3, 0.4) is 0 Å². The minimum atomic E-state index is 0.702. The molecule has 0 aliphatic heterocycles. The van der Waals surface area contributed by atoms with Gasteiger partial charge in [0.1, 0.15) is 17.0 Å².